The van der Waals surface area contributed by atoms with Gasteiger partial charge in [0.15, 0.2) is 8.32 Å². The molecule has 3 aliphatic rings. The zero-order valence-electron chi connectivity index (χ0n) is 28.1. The molecule has 0 radical (unpaired) electrons. The van der Waals surface area contributed by atoms with Gasteiger partial charge in [-0.25, -0.2) is 4.79 Å². The first kappa shape index (κ1) is 32.0. The number of rotatable bonds is 5. The molecule has 4 atom stereocenters. The number of likely N-dealkylation sites (N-methyl/N-ethyl adjacent to an activating group) is 1. The van der Waals surface area contributed by atoms with Crippen molar-refractivity contribution in [3.05, 3.63) is 59.7 Å². The lowest BCUT2D eigenvalue weighted by atomic mass is 9.72. The van der Waals surface area contributed by atoms with Crippen molar-refractivity contribution >= 4 is 37.6 Å². The number of carbonyl (C=O) groups is 3. The zero-order valence-corrected chi connectivity index (χ0v) is 29.1. The van der Waals surface area contributed by atoms with Crippen LogP contribution in [-0.4, -0.2) is 87.6 Å². The van der Waals surface area contributed by atoms with Crippen LogP contribution in [0.5, 0.6) is 0 Å². The number of para-hydroxylation sites is 1. The van der Waals surface area contributed by atoms with Crippen molar-refractivity contribution in [1.82, 2.24) is 9.80 Å². The summed E-state index contributed by atoms with van der Waals surface area (Å²) in [6.07, 6.45) is -0.985. The van der Waals surface area contributed by atoms with Gasteiger partial charge in [-0.1, -0.05) is 51.1 Å². The molecule has 238 valence electrons. The van der Waals surface area contributed by atoms with E-state index in [-0.39, 0.29) is 23.5 Å². The van der Waals surface area contributed by atoms with Gasteiger partial charge in [0.2, 0.25) is 11.8 Å². The fourth-order valence-corrected chi connectivity index (χ4v) is 7.59. The highest BCUT2D eigenvalue weighted by molar-refractivity contribution is 6.74. The molecule has 0 saturated carbocycles. The van der Waals surface area contributed by atoms with E-state index in [1.165, 1.54) is 0 Å². The number of nitrogens with zero attached hydrogens (tertiary/aromatic N) is 4. The molecule has 2 saturated heterocycles. The number of fused-ring (bicyclic) bond motifs is 5. The second-order valence-electron chi connectivity index (χ2n) is 15.2. The van der Waals surface area contributed by atoms with E-state index in [0.717, 1.165) is 16.8 Å². The molecule has 3 heterocycles. The second-order valence-corrected chi connectivity index (χ2v) is 20.0. The highest BCUT2D eigenvalue weighted by atomic mass is 28.4. The van der Waals surface area contributed by atoms with Gasteiger partial charge in [0.05, 0.1) is 17.7 Å². The first-order chi connectivity index (χ1) is 20.3. The van der Waals surface area contributed by atoms with Crippen LogP contribution in [0.3, 0.4) is 0 Å². The molecular weight excluding hydrogens is 572 g/mol. The van der Waals surface area contributed by atoms with Gasteiger partial charge in [-0.05, 0) is 74.7 Å². The van der Waals surface area contributed by atoms with Gasteiger partial charge in [-0.15, -0.1) is 0 Å². The molecule has 0 unspecified atom stereocenters. The van der Waals surface area contributed by atoms with Crippen molar-refractivity contribution in [3.8, 4) is 0 Å². The number of carbonyl (C=O) groups excluding carboxylic acids is 3. The van der Waals surface area contributed by atoms with Crippen LogP contribution in [0.25, 0.3) is 0 Å². The van der Waals surface area contributed by atoms with Crippen LogP contribution in [0.2, 0.25) is 18.1 Å². The summed E-state index contributed by atoms with van der Waals surface area (Å²) in [6.45, 7) is 16.3. The Bertz CT molecular complexity index is 1460. The topological polar surface area (TPSA) is 82.6 Å². The average Bonchev–Trinajstić information content (AvgIpc) is 3.41. The third-order valence-electron chi connectivity index (χ3n) is 9.98. The number of hydrogen-bond donors (Lipinski definition) is 0. The maximum absolute atomic E-state index is 14.7. The van der Waals surface area contributed by atoms with E-state index in [0.29, 0.717) is 12.1 Å². The molecule has 2 fully saturated rings. The van der Waals surface area contributed by atoms with Gasteiger partial charge in [0.1, 0.15) is 23.9 Å². The molecule has 0 spiro atoms. The predicted molar refractivity (Wildman–Crippen MR) is 175 cm³/mol. The molecule has 3 amide bonds. The normalized spacial score (nSPS) is 25.2. The molecule has 0 N–H and O–H groups in total. The van der Waals surface area contributed by atoms with Crippen LogP contribution in [0.15, 0.2) is 48.5 Å². The third-order valence-corrected chi connectivity index (χ3v) is 14.5. The summed E-state index contributed by atoms with van der Waals surface area (Å²) in [5.41, 5.74) is 1.96. The lowest BCUT2D eigenvalue weighted by molar-refractivity contribution is -0.161. The van der Waals surface area contributed by atoms with Crippen molar-refractivity contribution in [1.29, 1.82) is 0 Å². The van der Waals surface area contributed by atoms with Crippen LogP contribution in [-0.2, 0) is 24.2 Å². The summed E-state index contributed by atoms with van der Waals surface area (Å²) in [5.74, 6) is -0.359. The van der Waals surface area contributed by atoms with Gasteiger partial charge in [-0.2, -0.15) is 0 Å². The molecule has 10 heteroatoms. The van der Waals surface area contributed by atoms with Gasteiger partial charge >= 0.3 is 6.09 Å². The van der Waals surface area contributed by atoms with Crippen LogP contribution in [0.4, 0.5) is 16.2 Å². The van der Waals surface area contributed by atoms with Crippen LogP contribution in [0, 0.1) is 0 Å². The summed E-state index contributed by atoms with van der Waals surface area (Å²) >= 11 is 0. The Balaban J connectivity index is 1.67. The number of benzene rings is 2. The van der Waals surface area contributed by atoms with Crippen molar-refractivity contribution in [2.24, 2.45) is 0 Å². The molecule has 44 heavy (non-hydrogen) atoms. The van der Waals surface area contributed by atoms with Gasteiger partial charge in [0.25, 0.3) is 0 Å². The van der Waals surface area contributed by atoms with Crippen molar-refractivity contribution in [2.75, 3.05) is 37.5 Å². The molecule has 3 aliphatic heterocycles. The Labute approximate surface area is 263 Å². The molecule has 0 aliphatic carbocycles. The number of ether oxygens (including phenoxy) is 1. The fourth-order valence-electron chi connectivity index (χ4n) is 6.59. The summed E-state index contributed by atoms with van der Waals surface area (Å²) in [4.78, 5) is 49.9. The molecule has 0 bridgehead atoms. The summed E-state index contributed by atoms with van der Waals surface area (Å²) < 4.78 is 12.5. The van der Waals surface area contributed by atoms with Crippen molar-refractivity contribution < 1.29 is 23.5 Å². The highest BCUT2D eigenvalue weighted by Gasteiger charge is 2.68. The fraction of sp³-hybridized carbons (Fsp3) is 0.559. The summed E-state index contributed by atoms with van der Waals surface area (Å²) in [5, 5.41) is -0.0576. The Morgan fingerprint density at radius 3 is 2.16 bits per heavy atom. The van der Waals surface area contributed by atoms with Crippen molar-refractivity contribution in [3.63, 3.8) is 0 Å². The minimum Gasteiger partial charge on any atom is -0.443 e. The second kappa shape index (κ2) is 10.6. The lowest BCUT2D eigenvalue weighted by Crippen LogP contribution is -2.67. The predicted octanol–water partition coefficient (Wildman–Crippen LogP) is 5.58. The van der Waals surface area contributed by atoms with E-state index in [1.807, 2.05) is 76.2 Å². The number of amides is 3. The zero-order chi connectivity index (χ0) is 32.6. The molecule has 2 aromatic rings. The Morgan fingerprint density at radius 1 is 0.977 bits per heavy atom. The smallest absolute Gasteiger partial charge is 0.416 e. The van der Waals surface area contributed by atoms with Gasteiger partial charge in [-0.3, -0.25) is 14.5 Å². The summed E-state index contributed by atoms with van der Waals surface area (Å²) in [7, 11) is 3.45. The van der Waals surface area contributed by atoms with Crippen LogP contribution in [0.1, 0.15) is 59.1 Å². The number of anilines is 2. The number of piperazine rings is 1. The van der Waals surface area contributed by atoms with E-state index >= 15 is 0 Å². The standard InChI is InChI=1S/C34H48N4O5Si/c1-32(2,3)43-31(41)38-25-15-13-12-14-24(25)34(22-16-18-23(19-17-22)35(7)8)20-26-28(39)36(9)27(29(40)37(26)30(34)38)21-42-44(10,11)33(4,5)6/h12-19,26-27,30H,20-21H2,1-11H3/t26-,27+,30-,34-/m0/s1. The molecular formula is C34H48N4O5Si. The van der Waals surface area contributed by atoms with E-state index in [9.17, 15) is 14.4 Å². The first-order valence-corrected chi connectivity index (χ1v) is 18.3. The van der Waals surface area contributed by atoms with Crippen molar-refractivity contribution in [2.45, 2.75) is 95.4 Å². The van der Waals surface area contributed by atoms with E-state index in [1.54, 1.807) is 21.7 Å². The Morgan fingerprint density at radius 2 is 1.59 bits per heavy atom. The minimum absolute atomic E-state index is 0.0576. The maximum atomic E-state index is 14.7. The Kier molecular flexibility index (Phi) is 7.73. The van der Waals surface area contributed by atoms with Crippen LogP contribution >= 0.6 is 0 Å². The molecule has 9 nitrogen and oxygen atoms in total. The first-order valence-electron chi connectivity index (χ1n) is 15.4. The molecule has 5 rings (SSSR count). The average molecular weight is 621 g/mol. The molecule has 2 aromatic carbocycles. The van der Waals surface area contributed by atoms with E-state index in [4.69, 9.17) is 9.16 Å². The van der Waals surface area contributed by atoms with E-state index in [2.05, 4.69) is 46.0 Å². The van der Waals surface area contributed by atoms with Crippen LogP contribution < -0.4 is 9.80 Å². The summed E-state index contributed by atoms with van der Waals surface area (Å²) in [6, 6.07) is 14.4. The Hall–Kier alpha value is -3.37. The molecule has 0 aromatic heterocycles. The SMILES string of the molecule is CN(C)c1ccc([C@]23C[C@H]4C(=O)N(C)[C@H](CO[Si](C)(C)C(C)(C)C)C(=O)N4[C@H]2N(C(=O)OC(C)(C)C)c2ccccc23)cc1. The van der Waals surface area contributed by atoms with E-state index < -0.39 is 43.7 Å². The highest BCUT2D eigenvalue weighted by Crippen LogP contribution is 2.59. The third kappa shape index (κ3) is 5.00. The number of hydrogen-bond acceptors (Lipinski definition) is 6. The quantitative estimate of drug-likeness (QED) is 0.406. The lowest BCUT2D eigenvalue weighted by Gasteiger charge is -2.46. The maximum Gasteiger partial charge on any atom is 0.416 e. The minimum atomic E-state index is -2.22. The van der Waals surface area contributed by atoms with Gasteiger partial charge in [0, 0.05) is 26.8 Å². The monoisotopic (exact) mass is 620 g/mol. The largest absolute Gasteiger partial charge is 0.443 e. The van der Waals surface area contributed by atoms with Gasteiger partial charge < -0.3 is 23.9 Å².